The van der Waals surface area contributed by atoms with Crippen molar-refractivity contribution in [3.05, 3.63) is 36.0 Å². The second-order valence-corrected chi connectivity index (χ2v) is 4.26. The average Bonchev–Trinajstić information content (AvgIpc) is 2.69. The number of aromatic nitrogens is 1. The molecular weight excluding hydrogens is 216 g/mol. The maximum Gasteiger partial charge on any atom is 0.304 e. The van der Waals surface area contributed by atoms with Gasteiger partial charge in [0.15, 0.2) is 0 Å². The highest BCUT2D eigenvalue weighted by molar-refractivity contribution is 5.83. The van der Waals surface area contributed by atoms with Crippen molar-refractivity contribution in [1.29, 1.82) is 0 Å². The normalized spacial score (nSPS) is 12.8. The quantitative estimate of drug-likeness (QED) is 0.736. The van der Waals surface area contributed by atoms with E-state index in [1.165, 1.54) is 10.9 Å². The van der Waals surface area contributed by atoms with Crippen LogP contribution in [0.5, 0.6) is 0 Å². The number of H-pyrrole nitrogens is 1. The van der Waals surface area contributed by atoms with Gasteiger partial charge in [0, 0.05) is 23.1 Å². The number of aryl methyl sites for hydroxylation is 1. The molecule has 0 saturated carbocycles. The summed E-state index contributed by atoms with van der Waals surface area (Å²) < 4.78 is 0. The Kier molecular flexibility index (Phi) is 3.44. The second kappa shape index (κ2) is 5.01. The summed E-state index contributed by atoms with van der Waals surface area (Å²) in [5.74, 6) is -0.837. The molecule has 0 fully saturated rings. The van der Waals surface area contributed by atoms with Gasteiger partial charge in [-0.15, -0.1) is 0 Å². The van der Waals surface area contributed by atoms with Crippen molar-refractivity contribution >= 4 is 16.9 Å². The van der Waals surface area contributed by atoms with E-state index in [1.807, 2.05) is 24.4 Å². The van der Waals surface area contributed by atoms with E-state index in [0.717, 1.165) is 11.9 Å². The summed E-state index contributed by atoms with van der Waals surface area (Å²) in [6, 6.07) is 7.79. The van der Waals surface area contributed by atoms with Gasteiger partial charge < -0.3 is 15.8 Å². The summed E-state index contributed by atoms with van der Waals surface area (Å²) in [6.45, 7) is 0. The van der Waals surface area contributed by atoms with Crippen LogP contribution in [0.2, 0.25) is 0 Å². The first-order valence-corrected chi connectivity index (χ1v) is 5.69. The van der Waals surface area contributed by atoms with E-state index in [0.29, 0.717) is 6.42 Å². The molecule has 0 spiro atoms. The van der Waals surface area contributed by atoms with Gasteiger partial charge in [0.2, 0.25) is 0 Å². The predicted molar refractivity (Wildman–Crippen MR) is 66.8 cm³/mol. The highest BCUT2D eigenvalue weighted by Crippen LogP contribution is 2.19. The molecule has 0 aliphatic carbocycles. The molecule has 0 aliphatic rings. The van der Waals surface area contributed by atoms with Crippen LogP contribution in [-0.4, -0.2) is 22.1 Å². The fraction of sp³-hybridized carbons (Fsp3) is 0.308. The minimum Gasteiger partial charge on any atom is -0.481 e. The van der Waals surface area contributed by atoms with Crippen LogP contribution >= 0.6 is 0 Å². The number of carboxylic acids is 1. The first-order chi connectivity index (χ1) is 8.16. The summed E-state index contributed by atoms with van der Waals surface area (Å²) in [6.07, 6.45) is 3.49. The van der Waals surface area contributed by atoms with Gasteiger partial charge in [-0.05, 0) is 24.5 Å². The Morgan fingerprint density at radius 3 is 2.94 bits per heavy atom. The van der Waals surface area contributed by atoms with Crippen LogP contribution in [0.25, 0.3) is 10.9 Å². The van der Waals surface area contributed by atoms with E-state index in [4.69, 9.17) is 10.8 Å². The van der Waals surface area contributed by atoms with E-state index in [1.54, 1.807) is 0 Å². The van der Waals surface area contributed by atoms with Gasteiger partial charge in [0.05, 0.1) is 6.42 Å². The number of nitrogens with one attached hydrogen (secondary N) is 1. The summed E-state index contributed by atoms with van der Waals surface area (Å²) in [5, 5.41) is 9.82. The Balaban J connectivity index is 2.02. The molecule has 17 heavy (non-hydrogen) atoms. The molecule has 2 rings (SSSR count). The van der Waals surface area contributed by atoms with Gasteiger partial charge in [0.1, 0.15) is 0 Å². The van der Waals surface area contributed by atoms with Gasteiger partial charge in [-0.25, -0.2) is 0 Å². The summed E-state index contributed by atoms with van der Waals surface area (Å²) in [5.41, 5.74) is 8.05. The van der Waals surface area contributed by atoms with E-state index in [9.17, 15) is 4.79 Å². The Bertz CT molecular complexity index is 519. The monoisotopic (exact) mass is 232 g/mol. The minimum atomic E-state index is -0.837. The molecule has 0 unspecified atom stereocenters. The van der Waals surface area contributed by atoms with Crippen molar-refractivity contribution in [3.8, 4) is 0 Å². The van der Waals surface area contributed by atoms with Gasteiger partial charge >= 0.3 is 5.97 Å². The molecule has 0 bridgehead atoms. The van der Waals surface area contributed by atoms with Gasteiger partial charge in [-0.1, -0.05) is 18.2 Å². The number of rotatable bonds is 5. The van der Waals surface area contributed by atoms with Gasteiger partial charge in [0.25, 0.3) is 0 Å². The molecule has 4 nitrogen and oxygen atoms in total. The van der Waals surface area contributed by atoms with Crippen molar-refractivity contribution in [3.63, 3.8) is 0 Å². The number of aromatic amines is 1. The molecule has 1 heterocycles. The van der Waals surface area contributed by atoms with Crippen LogP contribution in [0.1, 0.15) is 18.4 Å². The van der Waals surface area contributed by atoms with E-state index >= 15 is 0 Å². The molecule has 0 saturated heterocycles. The molecule has 1 atom stereocenters. The van der Waals surface area contributed by atoms with Crippen molar-refractivity contribution in [2.75, 3.05) is 0 Å². The molecule has 0 aliphatic heterocycles. The molecule has 1 aromatic heterocycles. The van der Waals surface area contributed by atoms with Crippen LogP contribution in [0.3, 0.4) is 0 Å². The van der Waals surface area contributed by atoms with E-state index < -0.39 is 5.97 Å². The Hall–Kier alpha value is -1.81. The fourth-order valence-electron chi connectivity index (χ4n) is 2.01. The first-order valence-electron chi connectivity index (χ1n) is 5.69. The second-order valence-electron chi connectivity index (χ2n) is 4.26. The zero-order valence-corrected chi connectivity index (χ0v) is 9.52. The molecule has 2 aromatic rings. The van der Waals surface area contributed by atoms with Crippen LogP contribution in [0, 0.1) is 0 Å². The zero-order valence-electron chi connectivity index (χ0n) is 9.52. The van der Waals surface area contributed by atoms with E-state index in [-0.39, 0.29) is 12.5 Å². The molecule has 90 valence electrons. The zero-order chi connectivity index (χ0) is 12.3. The molecule has 0 amide bonds. The lowest BCUT2D eigenvalue weighted by molar-refractivity contribution is -0.137. The number of nitrogens with two attached hydrogens (primary N) is 1. The van der Waals surface area contributed by atoms with Gasteiger partial charge in [-0.2, -0.15) is 0 Å². The maximum absolute atomic E-state index is 10.5. The summed E-state index contributed by atoms with van der Waals surface area (Å²) in [7, 11) is 0. The van der Waals surface area contributed by atoms with Crippen molar-refractivity contribution < 1.29 is 9.90 Å². The maximum atomic E-state index is 10.5. The molecule has 0 radical (unpaired) electrons. The summed E-state index contributed by atoms with van der Waals surface area (Å²) in [4.78, 5) is 13.7. The Labute approximate surface area is 99.4 Å². The number of fused-ring (bicyclic) bond motifs is 1. The largest absolute Gasteiger partial charge is 0.481 e. The number of hydrogen-bond donors (Lipinski definition) is 3. The number of carbonyl (C=O) groups is 1. The smallest absolute Gasteiger partial charge is 0.304 e. The molecule has 4 N–H and O–H groups in total. The van der Waals surface area contributed by atoms with E-state index in [2.05, 4.69) is 11.1 Å². The Morgan fingerprint density at radius 1 is 1.41 bits per heavy atom. The third-order valence-electron chi connectivity index (χ3n) is 2.90. The molecular formula is C13H16N2O2. The highest BCUT2D eigenvalue weighted by atomic mass is 16.4. The van der Waals surface area contributed by atoms with Crippen molar-refractivity contribution in [1.82, 2.24) is 4.98 Å². The van der Waals surface area contributed by atoms with Crippen LogP contribution < -0.4 is 5.73 Å². The minimum absolute atomic E-state index is 0.0301. The van der Waals surface area contributed by atoms with Crippen molar-refractivity contribution in [2.45, 2.75) is 25.3 Å². The number of hydrogen-bond acceptors (Lipinski definition) is 2. The first kappa shape index (κ1) is 11.7. The third kappa shape index (κ3) is 2.85. The summed E-state index contributed by atoms with van der Waals surface area (Å²) >= 11 is 0. The topological polar surface area (TPSA) is 79.1 Å². The van der Waals surface area contributed by atoms with Crippen LogP contribution in [-0.2, 0) is 11.2 Å². The van der Waals surface area contributed by atoms with Gasteiger partial charge in [-0.3, -0.25) is 4.79 Å². The van der Waals surface area contributed by atoms with Crippen LogP contribution in [0.15, 0.2) is 30.5 Å². The SMILES string of the molecule is N[C@@H](CCc1c[nH]c2ccccc12)CC(=O)O. The lowest BCUT2D eigenvalue weighted by Crippen LogP contribution is -2.24. The number of para-hydroxylation sites is 1. The Morgan fingerprint density at radius 2 is 2.18 bits per heavy atom. The number of carboxylic acid groups (broad SMARTS) is 1. The molecule has 4 heteroatoms. The van der Waals surface area contributed by atoms with Crippen molar-refractivity contribution in [2.24, 2.45) is 5.73 Å². The third-order valence-corrected chi connectivity index (χ3v) is 2.90. The highest BCUT2D eigenvalue weighted by Gasteiger charge is 2.09. The number of aliphatic carboxylic acids is 1. The number of benzene rings is 1. The lowest BCUT2D eigenvalue weighted by atomic mass is 10.0. The van der Waals surface area contributed by atoms with Crippen LogP contribution in [0.4, 0.5) is 0 Å². The molecule has 1 aromatic carbocycles. The fourth-order valence-corrected chi connectivity index (χ4v) is 2.01. The predicted octanol–water partition coefficient (Wildman–Crippen LogP) is 1.90. The average molecular weight is 232 g/mol. The lowest BCUT2D eigenvalue weighted by Gasteiger charge is -2.07. The standard InChI is InChI=1S/C13H16N2O2/c14-10(7-13(16)17)6-5-9-8-15-12-4-2-1-3-11(9)12/h1-4,8,10,15H,5-7,14H2,(H,16,17)/t10-/m0/s1.